The third-order valence-electron chi connectivity index (χ3n) is 2.61. The van der Waals surface area contributed by atoms with Gasteiger partial charge in [0.15, 0.2) is 0 Å². The van der Waals surface area contributed by atoms with Gasteiger partial charge in [-0.2, -0.15) is 0 Å². The molecule has 0 heterocycles. The van der Waals surface area contributed by atoms with Crippen molar-refractivity contribution in [1.29, 1.82) is 0 Å². The van der Waals surface area contributed by atoms with Gasteiger partial charge in [0, 0.05) is 0 Å². The maximum absolute atomic E-state index is 11.1. The van der Waals surface area contributed by atoms with Crippen molar-refractivity contribution >= 4 is 41.5 Å². The molecule has 2 rings (SSSR count). The summed E-state index contributed by atoms with van der Waals surface area (Å²) in [7, 11) is 0. The van der Waals surface area contributed by atoms with Gasteiger partial charge < -0.3 is 10.2 Å². The van der Waals surface area contributed by atoms with Crippen LogP contribution >= 0.6 is 0 Å². The van der Waals surface area contributed by atoms with Gasteiger partial charge in [0.25, 0.3) is 0 Å². The minimum absolute atomic E-state index is 0. The van der Waals surface area contributed by atoms with Gasteiger partial charge in [-0.05, 0) is 23.3 Å². The maximum atomic E-state index is 11.1. The first-order valence-corrected chi connectivity index (χ1v) is 5.26. The van der Waals surface area contributed by atoms with Crippen LogP contribution in [0.3, 0.4) is 0 Å². The molecule has 2 aromatic carbocycles. The number of aromatic carboxylic acids is 2. The fraction of sp³-hybridized carbons (Fsp3) is 0. The Hall–Kier alpha value is -1.62. The van der Waals surface area contributed by atoms with Crippen molar-refractivity contribution in [1.82, 2.24) is 0 Å². The monoisotopic (exact) mass is 266 g/mol. The summed E-state index contributed by atoms with van der Waals surface area (Å²) in [4.78, 5) is 22.3. The summed E-state index contributed by atoms with van der Waals surface area (Å²) in [6.45, 7) is 0. The number of rotatable bonds is 3. The second-order valence-electron chi connectivity index (χ2n) is 3.70. The van der Waals surface area contributed by atoms with Crippen molar-refractivity contribution in [2.45, 2.75) is 0 Å². The molecule has 92 valence electrons. The second-order valence-corrected chi connectivity index (χ2v) is 3.70. The first-order chi connectivity index (χ1) is 8.61. The molecule has 0 unspecified atom stereocenters. The molecule has 0 saturated carbocycles. The van der Waals surface area contributed by atoms with Crippen LogP contribution in [0.5, 0.6) is 0 Å². The van der Waals surface area contributed by atoms with Crippen molar-refractivity contribution in [3.63, 3.8) is 0 Å². The first-order valence-electron chi connectivity index (χ1n) is 5.26. The molecule has 0 aliphatic heterocycles. The van der Waals surface area contributed by atoms with Crippen LogP contribution in [-0.4, -0.2) is 51.7 Å². The first kappa shape index (κ1) is 15.4. The summed E-state index contributed by atoms with van der Waals surface area (Å²) >= 11 is 0. The van der Waals surface area contributed by atoms with Gasteiger partial charge in [-0.1, -0.05) is 36.4 Å². The molecular weight excluding hydrogens is 255 g/mol. The predicted octanol–water partition coefficient (Wildman–Crippen LogP) is 2.10. The van der Waals surface area contributed by atoms with Crippen LogP contribution in [0.4, 0.5) is 0 Å². The summed E-state index contributed by atoms with van der Waals surface area (Å²) in [6.07, 6.45) is 0. The molecule has 0 amide bonds. The topological polar surface area (TPSA) is 74.6 Å². The Morgan fingerprint density at radius 3 is 1.32 bits per heavy atom. The molecule has 2 aromatic rings. The Morgan fingerprint density at radius 1 is 0.684 bits per heavy atom. The SMILES string of the molecule is O=C(O)c1ccccc1-c1ccccc1C(=O)O.[NaH]. The zero-order chi connectivity index (χ0) is 13.1. The number of carboxylic acid groups (broad SMARTS) is 2. The average molecular weight is 266 g/mol. The number of carbonyl (C=O) groups is 2. The van der Waals surface area contributed by atoms with Crippen molar-refractivity contribution in [3.05, 3.63) is 59.7 Å². The molecule has 0 aliphatic rings. The summed E-state index contributed by atoms with van der Waals surface area (Å²) in [6, 6.07) is 12.7. The van der Waals surface area contributed by atoms with E-state index in [2.05, 4.69) is 0 Å². The van der Waals surface area contributed by atoms with Crippen molar-refractivity contribution in [3.8, 4) is 11.1 Å². The van der Waals surface area contributed by atoms with E-state index in [4.69, 9.17) is 10.2 Å². The zero-order valence-electron chi connectivity index (χ0n) is 9.33. The molecule has 0 aromatic heterocycles. The van der Waals surface area contributed by atoms with Crippen LogP contribution in [0.25, 0.3) is 11.1 Å². The van der Waals surface area contributed by atoms with Gasteiger partial charge >= 0.3 is 41.5 Å². The molecule has 4 nitrogen and oxygen atoms in total. The van der Waals surface area contributed by atoms with Crippen LogP contribution in [0.2, 0.25) is 0 Å². The molecular formula is C14H11NaO4. The van der Waals surface area contributed by atoms with Crippen LogP contribution in [-0.2, 0) is 0 Å². The molecule has 0 saturated heterocycles. The third-order valence-corrected chi connectivity index (χ3v) is 2.61. The standard InChI is InChI=1S/C14H10O4.Na.H/c15-13(16)11-7-3-1-5-9(11)10-6-2-4-8-12(10)14(17)18;;/h1-8H,(H,15,16)(H,17,18);;. The van der Waals surface area contributed by atoms with Crippen molar-refractivity contribution in [2.75, 3.05) is 0 Å². The van der Waals surface area contributed by atoms with E-state index in [-0.39, 0.29) is 40.7 Å². The summed E-state index contributed by atoms with van der Waals surface area (Å²) in [5, 5.41) is 18.2. The number of benzene rings is 2. The molecule has 0 bridgehead atoms. The van der Waals surface area contributed by atoms with Crippen LogP contribution in [0.15, 0.2) is 48.5 Å². The molecule has 2 N–H and O–H groups in total. The van der Waals surface area contributed by atoms with E-state index in [1.54, 1.807) is 36.4 Å². The minimum atomic E-state index is -1.08. The molecule has 0 spiro atoms. The summed E-state index contributed by atoms with van der Waals surface area (Å²) < 4.78 is 0. The molecule has 0 aliphatic carbocycles. The Balaban J connectivity index is 0.00000180. The number of hydrogen-bond donors (Lipinski definition) is 2. The van der Waals surface area contributed by atoms with Crippen LogP contribution in [0, 0.1) is 0 Å². The van der Waals surface area contributed by atoms with Crippen molar-refractivity contribution in [2.24, 2.45) is 0 Å². The fourth-order valence-corrected chi connectivity index (χ4v) is 1.81. The van der Waals surface area contributed by atoms with E-state index in [0.717, 1.165) is 0 Å². The van der Waals surface area contributed by atoms with Gasteiger partial charge in [-0.15, -0.1) is 0 Å². The average Bonchev–Trinajstić information content (AvgIpc) is 2.38. The van der Waals surface area contributed by atoms with E-state index in [0.29, 0.717) is 11.1 Å². The van der Waals surface area contributed by atoms with E-state index in [9.17, 15) is 9.59 Å². The van der Waals surface area contributed by atoms with Crippen molar-refractivity contribution < 1.29 is 19.8 Å². The van der Waals surface area contributed by atoms with Gasteiger partial charge in [0.05, 0.1) is 11.1 Å². The van der Waals surface area contributed by atoms with Gasteiger partial charge in [-0.25, -0.2) is 9.59 Å². The van der Waals surface area contributed by atoms with Gasteiger partial charge in [0.2, 0.25) is 0 Å². The summed E-state index contributed by atoms with van der Waals surface area (Å²) in [5.74, 6) is -2.16. The molecule has 5 heteroatoms. The molecule has 0 fully saturated rings. The molecule has 0 atom stereocenters. The van der Waals surface area contributed by atoms with E-state index in [1.165, 1.54) is 12.1 Å². The number of hydrogen-bond acceptors (Lipinski definition) is 2. The third kappa shape index (κ3) is 3.23. The Labute approximate surface area is 132 Å². The van der Waals surface area contributed by atoms with E-state index < -0.39 is 11.9 Å². The van der Waals surface area contributed by atoms with Crippen LogP contribution < -0.4 is 0 Å². The molecule has 19 heavy (non-hydrogen) atoms. The quantitative estimate of drug-likeness (QED) is 0.834. The Bertz CT molecular complexity index is 567. The number of carboxylic acids is 2. The van der Waals surface area contributed by atoms with E-state index in [1.807, 2.05) is 0 Å². The van der Waals surface area contributed by atoms with Crippen LogP contribution in [0.1, 0.15) is 20.7 Å². The zero-order valence-corrected chi connectivity index (χ0v) is 9.33. The molecule has 0 radical (unpaired) electrons. The second kappa shape index (κ2) is 6.52. The normalized spacial score (nSPS) is 9.47. The summed E-state index contributed by atoms with van der Waals surface area (Å²) in [5.41, 5.74) is 0.989. The van der Waals surface area contributed by atoms with E-state index >= 15 is 0 Å². The Morgan fingerprint density at radius 2 is 1.00 bits per heavy atom. The van der Waals surface area contributed by atoms with Gasteiger partial charge in [0.1, 0.15) is 0 Å². The fourth-order valence-electron chi connectivity index (χ4n) is 1.81. The predicted molar refractivity (Wildman–Crippen MR) is 72.9 cm³/mol. The van der Waals surface area contributed by atoms with Gasteiger partial charge in [-0.3, -0.25) is 0 Å². The Kier molecular flexibility index (Phi) is 5.30.